The first-order valence-corrected chi connectivity index (χ1v) is 12.7. The third-order valence-corrected chi connectivity index (χ3v) is 7.13. The summed E-state index contributed by atoms with van der Waals surface area (Å²) in [7, 11) is 0. The molecule has 1 aromatic carbocycles. The number of rotatable bonds is 8. The molecule has 33 heavy (non-hydrogen) atoms. The molecule has 2 amide bonds. The molecular weight excluding hydrogens is 430 g/mol. The molecule has 1 aliphatic carbocycles. The Morgan fingerprint density at radius 1 is 1.09 bits per heavy atom. The summed E-state index contributed by atoms with van der Waals surface area (Å²) in [5.74, 6) is -0.247. The smallest absolute Gasteiger partial charge is 0.248 e. The Morgan fingerprint density at radius 2 is 1.88 bits per heavy atom. The standard InChI is InChI=1S/C27H31N3O2S/c1-2-20-12-14-23(15-13-20)30(25(31)18-24-11-7-17-33-24)26(21-8-6-16-28-19-21)27(32)29-22-9-4-3-5-10-22/h6-8,11-17,19,22,26H,2-5,9-10,18H2,1H3,(H,29,32). The summed E-state index contributed by atoms with van der Waals surface area (Å²) >= 11 is 1.55. The number of pyridine rings is 1. The van der Waals surface area contributed by atoms with Gasteiger partial charge in [0.2, 0.25) is 11.8 Å². The molecule has 5 nitrogen and oxygen atoms in total. The van der Waals surface area contributed by atoms with Gasteiger partial charge in [-0.2, -0.15) is 0 Å². The van der Waals surface area contributed by atoms with Gasteiger partial charge in [0.05, 0.1) is 6.42 Å². The third kappa shape index (κ3) is 5.88. The van der Waals surface area contributed by atoms with Crippen LogP contribution >= 0.6 is 11.3 Å². The molecule has 0 radical (unpaired) electrons. The van der Waals surface area contributed by atoms with Crippen molar-refractivity contribution in [2.75, 3.05) is 4.90 Å². The summed E-state index contributed by atoms with van der Waals surface area (Å²) in [5, 5.41) is 5.22. The SMILES string of the molecule is CCc1ccc(N(C(=O)Cc2cccs2)C(C(=O)NC2CCCCC2)c2cccnc2)cc1. The van der Waals surface area contributed by atoms with Gasteiger partial charge in [-0.15, -0.1) is 11.3 Å². The van der Waals surface area contributed by atoms with Gasteiger partial charge in [0.15, 0.2) is 0 Å². The largest absolute Gasteiger partial charge is 0.351 e. The summed E-state index contributed by atoms with van der Waals surface area (Å²) in [6.07, 6.45) is 9.99. The van der Waals surface area contributed by atoms with Crippen molar-refractivity contribution in [3.05, 3.63) is 82.3 Å². The number of anilines is 1. The minimum Gasteiger partial charge on any atom is -0.351 e. The minimum atomic E-state index is -0.777. The number of hydrogen-bond donors (Lipinski definition) is 1. The molecule has 1 aliphatic rings. The maximum Gasteiger partial charge on any atom is 0.248 e. The van der Waals surface area contributed by atoms with Crippen LogP contribution in [-0.2, 0) is 22.4 Å². The van der Waals surface area contributed by atoms with Gasteiger partial charge in [0.25, 0.3) is 0 Å². The second kappa shape index (κ2) is 11.2. The van der Waals surface area contributed by atoms with Crippen molar-refractivity contribution in [2.45, 2.75) is 64.0 Å². The Kier molecular flexibility index (Phi) is 7.89. The van der Waals surface area contributed by atoms with Crippen LogP contribution in [0.25, 0.3) is 0 Å². The summed E-state index contributed by atoms with van der Waals surface area (Å²) in [6.45, 7) is 2.10. The summed E-state index contributed by atoms with van der Waals surface area (Å²) in [6, 6.07) is 14.9. The van der Waals surface area contributed by atoms with E-state index in [1.165, 1.54) is 12.0 Å². The third-order valence-electron chi connectivity index (χ3n) is 6.26. The van der Waals surface area contributed by atoms with Crippen LogP contribution < -0.4 is 10.2 Å². The lowest BCUT2D eigenvalue weighted by atomic mass is 9.94. The Hall–Kier alpha value is -2.99. The fourth-order valence-corrected chi connectivity index (χ4v) is 5.16. The lowest BCUT2D eigenvalue weighted by Crippen LogP contribution is -2.47. The number of thiophene rings is 1. The van der Waals surface area contributed by atoms with Crippen LogP contribution in [0.3, 0.4) is 0 Å². The van der Waals surface area contributed by atoms with Crippen LogP contribution in [0.5, 0.6) is 0 Å². The molecule has 0 spiro atoms. The van der Waals surface area contributed by atoms with E-state index in [-0.39, 0.29) is 24.3 Å². The molecule has 2 aromatic heterocycles. The van der Waals surface area contributed by atoms with E-state index in [0.29, 0.717) is 5.56 Å². The highest BCUT2D eigenvalue weighted by molar-refractivity contribution is 7.10. The molecule has 1 fully saturated rings. The van der Waals surface area contributed by atoms with Gasteiger partial charge < -0.3 is 5.32 Å². The Morgan fingerprint density at radius 3 is 2.52 bits per heavy atom. The van der Waals surface area contributed by atoms with Crippen molar-refractivity contribution in [3.63, 3.8) is 0 Å². The fraction of sp³-hybridized carbons (Fsp3) is 0.370. The van der Waals surface area contributed by atoms with Gasteiger partial charge >= 0.3 is 0 Å². The number of aryl methyl sites for hydroxylation is 1. The molecular formula is C27H31N3O2S. The lowest BCUT2D eigenvalue weighted by Gasteiger charge is -2.33. The lowest BCUT2D eigenvalue weighted by molar-refractivity contribution is -0.127. The van der Waals surface area contributed by atoms with Crippen LogP contribution in [0.1, 0.15) is 61.1 Å². The summed E-state index contributed by atoms with van der Waals surface area (Å²) in [5.41, 5.74) is 2.63. The number of hydrogen-bond acceptors (Lipinski definition) is 4. The molecule has 0 bridgehead atoms. The summed E-state index contributed by atoms with van der Waals surface area (Å²) < 4.78 is 0. The maximum atomic E-state index is 13.7. The highest BCUT2D eigenvalue weighted by Gasteiger charge is 2.34. The predicted octanol–water partition coefficient (Wildman–Crippen LogP) is 5.47. The van der Waals surface area contributed by atoms with E-state index in [4.69, 9.17) is 0 Å². The average molecular weight is 462 g/mol. The first-order chi connectivity index (χ1) is 16.2. The first-order valence-electron chi connectivity index (χ1n) is 11.8. The Bertz CT molecular complexity index is 1030. The molecule has 3 aromatic rings. The molecule has 1 N–H and O–H groups in total. The number of benzene rings is 1. The Balaban J connectivity index is 1.72. The highest BCUT2D eigenvalue weighted by atomic mass is 32.1. The Labute approximate surface area is 199 Å². The number of nitrogens with one attached hydrogen (secondary N) is 1. The number of aromatic nitrogens is 1. The predicted molar refractivity (Wildman–Crippen MR) is 133 cm³/mol. The van der Waals surface area contributed by atoms with Crippen LogP contribution in [-0.4, -0.2) is 22.8 Å². The van der Waals surface area contributed by atoms with Gasteiger partial charge in [-0.3, -0.25) is 19.5 Å². The molecule has 2 heterocycles. The molecule has 6 heteroatoms. The van der Waals surface area contributed by atoms with Crippen molar-refractivity contribution < 1.29 is 9.59 Å². The second-order valence-electron chi connectivity index (χ2n) is 8.57. The van der Waals surface area contributed by atoms with E-state index in [1.807, 2.05) is 53.9 Å². The monoisotopic (exact) mass is 461 g/mol. The van der Waals surface area contributed by atoms with Crippen LogP contribution in [0.2, 0.25) is 0 Å². The molecule has 0 aliphatic heterocycles. The van der Waals surface area contributed by atoms with Gasteiger partial charge in [-0.05, 0) is 54.5 Å². The fourth-order valence-electron chi connectivity index (χ4n) is 4.46. The number of nitrogens with zero attached hydrogens (tertiary/aromatic N) is 2. The first kappa shape index (κ1) is 23.2. The van der Waals surface area contributed by atoms with E-state index in [2.05, 4.69) is 17.2 Å². The van der Waals surface area contributed by atoms with E-state index in [1.54, 1.807) is 28.6 Å². The molecule has 4 rings (SSSR count). The summed E-state index contributed by atoms with van der Waals surface area (Å²) in [4.78, 5) is 34.3. The van der Waals surface area contributed by atoms with Gasteiger partial charge in [0.1, 0.15) is 6.04 Å². The minimum absolute atomic E-state index is 0.102. The highest BCUT2D eigenvalue weighted by Crippen LogP contribution is 2.30. The number of amides is 2. The van der Waals surface area contributed by atoms with E-state index < -0.39 is 6.04 Å². The maximum absolute atomic E-state index is 13.7. The van der Waals surface area contributed by atoms with Crippen molar-refractivity contribution in [1.29, 1.82) is 0 Å². The van der Waals surface area contributed by atoms with E-state index >= 15 is 0 Å². The van der Waals surface area contributed by atoms with Crippen molar-refractivity contribution in [2.24, 2.45) is 0 Å². The van der Waals surface area contributed by atoms with E-state index in [0.717, 1.165) is 42.7 Å². The molecule has 172 valence electrons. The van der Waals surface area contributed by atoms with Crippen molar-refractivity contribution >= 4 is 28.8 Å². The average Bonchev–Trinajstić information content (AvgIpc) is 3.36. The molecule has 1 unspecified atom stereocenters. The molecule has 1 atom stereocenters. The second-order valence-corrected chi connectivity index (χ2v) is 9.60. The van der Waals surface area contributed by atoms with Crippen molar-refractivity contribution in [3.8, 4) is 0 Å². The zero-order chi connectivity index (χ0) is 23.0. The normalized spacial score (nSPS) is 15.1. The van der Waals surface area contributed by atoms with Crippen LogP contribution in [0, 0.1) is 0 Å². The van der Waals surface area contributed by atoms with Gasteiger partial charge in [-0.25, -0.2) is 0 Å². The topological polar surface area (TPSA) is 62.3 Å². The molecule has 1 saturated carbocycles. The van der Waals surface area contributed by atoms with E-state index in [9.17, 15) is 9.59 Å². The van der Waals surface area contributed by atoms with Crippen LogP contribution in [0.4, 0.5) is 5.69 Å². The van der Waals surface area contributed by atoms with Gasteiger partial charge in [0, 0.05) is 34.6 Å². The van der Waals surface area contributed by atoms with Crippen LogP contribution in [0.15, 0.2) is 66.3 Å². The van der Waals surface area contributed by atoms with Crippen molar-refractivity contribution in [1.82, 2.24) is 10.3 Å². The number of carbonyl (C=O) groups excluding carboxylic acids is 2. The quantitative estimate of drug-likeness (QED) is 0.484. The zero-order valence-corrected chi connectivity index (χ0v) is 19.9. The number of carbonyl (C=O) groups is 2. The van der Waals surface area contributed by atoms with Gasteiger partial charge in [-0.1, -0.05) is 50.5 Å². The molecule has 0 saturated heterocycles. The zero-order valence-electron chi connectivity index (χ0n) is 19.1.